The number of sulfonamides is 1. The Labute approximate surface area is 136 Å². The van der Waals surface area contributed by atoms with Crippen molar-refractivity contribution in [3.63, 3.8) is 0 Å². The van der Waals surface area contributed by atoms with Crippen molar-refractivity contribution < 1.29 is 13.2 Å². The smallest absolute Gasteiger partial charge is 0.283 e. The van der Waals surface area contributed by atoms with E-state index in [1.54, 1.807) is 32.1 Å². The van der Waals surface area contributed by atoms with Crippen molar-refractivity contribution in [2.45, 2.75) is 32.6 Å². The van der Waals surface area contributed by atoms with Crippen LogP contribution in [0.3, 0.4) is 0 Å². The van der Waals surface area contributed by atoms with Gasteiger partial charge in [-0.15, -0.1) is 4.40 Å². The first kappa shape index (κ1) is 17.0. The van der Waals surface area contributed by atoms with E-state index in [2.05, 4.69) is 9.39 Å². The Bertz CT molecular complexity index is 871. The third-order valence-electron chi connectivity index (χ3n) is 3.35. The van der Waals surface area contributed by atoms with Crippen molar-refractivity contribution in [3.05, 3.63) is 53.1 Å². The van der Waals surface area contributed by atoms with E-state index in [-0.39, 0.29) is 16.5 Å². The van der Waals surface area contributed by atoms with Crippen molar-refractivity contribution in [2.24, 2.45) is 9.39 Å². The molecule has 5 nitrogen and oxygen atoms in total. The van der Waals surface area contributed by atoms with E-state index in [0.29, 0.717) is 16.9 Å². The molecule has 0 spiro atoms. The number of hydrogen-bond donors (Lipinski definition) is 0. The summed E-state index contributed by atoms with van der Waals surface area (Å²) in [4.78, 5) is 15.9. The zero-order valence-electron chi connectivity index (χ0n) is 13.5. The summed E-state index contributed by atoms with van der Waals surface area (Å²) in [6, 6.07) is 6.47. The van der Waals surface area contributed by atoms with Crippen LogP contribution < -0.4 is 0 Å². The normalized spacial score (nSPS) is 18.0. The third kappa shape index (κ3) is 4.10. The number of benzene rings is 1. The van der Waals surface area contributed by atoms with Crippen LogP contribution in [0.15, 0.2) is 61.8 Å². The van der Waals surface area contributed by atoms with E-state index in [9.17, 15) is 13.2 Å². The van der Waals surface area contributed by atoms with Crippen molar-refractivity contribution in [3.8, 4) is 0 Å². The van der Waals surface area contributed by atoms with Gasteiger partial charge in [-0.25, -0.2) is 4.99 Å². The molecule has 0 fully saturated rings. The topological polar surface area (TPSA) is 75.9 Å². The Hall–Kier alpha value is -2.34. The summed E-state index contributed by atoms with van der Waals surface area (Å²) in [5, 5.41) is 0. The van der Waals surface area contributed by atoms with E-state index in [4.69, 9.17) is 0 Å². The zero-order valence-corrected chi connectivity index (χ0v) is 14.3. The van der Waals surface area contributed by atoms with Crippen LogP contribution >= 0.6 is 0 Å². The molecular formula is C17H18N2O3S. The first-order chi connectivity index (χ1) is 10.7. The first-order valence-electron chi connectivity index (χ1n) is 7.07. The lowest BCUT2D eigenvalue weighted by Crippen LogP contribution is -2.11. The Morgan fingerprint density at radius 2 is 1.57 bits per heavy atom. The number of aliphatic imine (C=N–C) groups is 1. The molecule has 23 heavy (non-hydrogen) atoms. The van der Waals surface area contributed by atoms with Crippen molar-refractivity contribution >= 4 is 27.4 Å². The molecular weight excluding hydrogens is 312 g/mol. The lowest BCUT2D eigenvalue weighted by atomic mass is 9.99. The number of nitrogens with zero attached hydrogens (tertiary/aromatic N) is 2. The predicted octanol–water partition coefficient (Wildman–Crippen LogP) is 3.02. The summed E-state index contributed by atoms with van der Waals surface area (Å²) in [7, 11) is -3.80. The van der Waals surface area contributed by atoms with Crippen LogP contribution in [0, 0.1) is 6.92 Å². The molecule has 1 aliphatic carbocycles. The molecule has 0 N–H and O–H groups in total. The lowest BCUT2D eigenvalue weighted by Gasteiger charge is -2.09. The summed E-state index contributed by atoms with van der Waals surface area (Å²) in [5.74, 6) is 0.0510. The molecule has 120 valence electrons. The van der Waals surface area contributed by atoms with Gasteiger partial charge in [0, 0.05) is 0 Å². The van der Waals surface area contributed by atoms with Crippen LogP contribution in [0.25, 0.3) is 0 Å². The van der Waals surface area contributed by atoms with Gasteiger partial charge in [0.05, 0.1) is 10.6 Å². The highest BCUT2D eigenvalue weighted by molar-refractivity contribution is 7.90. The summed E-state index contributed by atoms with van der Waals surface area (Å²) >= 11 is 0. The maximum atomic E-state index is 12.3. The number of amidine groups is 1. The molecule has 0 unspecified atom stereocenters. The number of allylic oxidation sites excluding steroid dienone is 4. The number of rotatable bonds is 2. The van der Waals surface area contributed by atoms with Gasteiger partial charge in [0.2, 0.25) is 0 Å². The second-order valence-electron chi connectivity index (χ2n) is 5.44. The second kappa shape index (κ2) is 6.42. The van der Waals surface area contributed by atoms with Crippen LogP contribution in [-0.4, -0.2) is 25.7 Å². The van der Waals surface area contributed by atoms with Gasteiger partial charge in [0.1, 0.15) is 5.84 Å². The van der Waals surface area contributed by atoms with Crippen molar-refractivity contribution in [1.82, 2.24) is 0 Å². The molecule has 0 bridgehead atoms. The average Bonchev–Trinajstić information content (AvgIpc) is 2.44. The van der Waals surface area contributed by atoms with Gasteiger partial charge in [-0.2, -0.15) is 8.42 Å². The van der Waals surface area contributed by atoms with Crippen molar-refractivity contribution in [2.75, 3.05) is 0 Å². The number of carbonyl (C=O) groups is 1. The van der Waals surface area contributed by atoms with Crippen LogP contribution in [-0.2, 0) is 14.8 Å². The fourth-order valence-electron chi connectivity index (χ4n) is 2.03. The minimum absolute atomic E-state index is 0.0664. The Morgan fingerprint density at radius 1 is 0.957 bits per heavy atom. The molecule has 2 rings (SSSR count). The summed E-state index contributed by atoms with van der Waals surface area (Å²) in [6.45, 7) is 6.84. The maximum absolute atomic E-state index is 12.3. The zero-order chi connectivity index (χ0) is 17.2. The fourth-order valence-corrected chi connectivity index (χ4v) is 3.00. The number of hydrogen-bond acceptors (Lipinski definition) is 3. The molecule has 6 heteroatoms. The van der Waals surface area contributed by atoms with E-state index in [0.717, 1.165) is 5.56 Å². The van der Waals surface area contributed by atoms with Gasteiger partial charge < -0.3 is 0 Å². The highest BCUT2D eigenvalue weighted by Crippen LogP contribution is 2.15. The van der Waals surface area contributed by atoms with Crippen molar-refractivity contribution in [1.29, 1.82) is 0 Å². The molecule has 0 aliphatic heterocycles. The standard InChI is InChI=1S/C17H18N2O3S/c1-11-5-7-15(8-6-11)23(21,22)19-14(4)18-16-9-13(3)17(20)10-12(16)2/h5-10H,1-4H3/b18-16?,19-14-. The minimum Gasteiger partial charge on any atom is -0.290 e. The van der Waals surface area contributed by atoms with Crippen LogP contribution in [0.5, 0.6) is 0 Å². The summed E-state index contributed by atoms with van der Waals surface area (Å²) in [6.07, 6.45) is 3.12. The van der Waals surface area contributed by atoms with Gasteiger partial charge in [-0.05, 0) is 63.1 Å². The molecule has 0 aromatic heterocycles. The van der Waals surface area contributed by atoms with E-state index >= 15 is 0 Å². The summed E-state index contributed by atoms with van der Waals surface area (Å²) < 4.78 is 28.2. The van der Waals surface area contributed by atoms with Crippen LogP contribution in [0.2, 0.25) is 0 Å². The highest BCUT2D eigenvalue weighted by atomic mass is 32.2. The third-order valence-corrected chi connectivity index (χ3v) is 4.72. The Morgan fingerprint density at radius 3 is 2.17 bits per heavy atom. The molecule has 0 radical (unpaired) electrons. The van der Waals surface area contributed by atoms with Gasteiger partial charge in [0.25, 0.3) is 10.0 Å². The molecule has 0 saturated heterocycles. The molecule has 1 aromatic rings. The van der Waals surface area contributed by atoms with E-state index in [1.807, 2.05) is 6.92 Å². The quantitative estimate of drug-likeness (QED) is 0.475. The Kier molecular flexibility index (Phi) is 4.75. The summed E-state index contributed by atoms with van der Waals surface area (Å²) in [5.41, 5.74) is 2.76. The van der Waals surface area contributed by atoms with Gasteiger partial charge in [-0.1, -0.05) is 17.7 Å². The first-order valence-corrected chi connectivity index (χ1v) is 8.51. The molecule has 0 saturated carbocycles. The van der Waals surface area contributed by atoms with Crippen LogP contribution in [0.4, 0.5) is 0 Å². The second-order valence-corrected chi connectivity index (χ2v) is 7.05. The van der Waals surface area contributed by atoms with Gasteiger partial charge in [0.15, 0.2) is 5.78 Å². The van der Waals surface area contributed by atoms with Crippen LogP contribution in [0.1, 0.15) is 26.3 Å². The largest absolute Gasteiger partial charge is 0.290 e. The highest BCUT2D eigenvalue weighted by Gasteiger charge is 2.15. The number of aryl methyl sites for hydroxylation is 1. The van der Waals surface area contributed by atoms with Gasteiger partial charge in [-0.3, -0.25) is 4.79 Å². The predicted molar refractivity (Wildman–Crippen MR) is 91.4 cm³/mol. The number of ketones is 1. The Balaban J connectivity index is 2.36. The molecule has 0 amide bonds. The van der Waals surface area contributed by atoms with E-state index in [1.165, 1.54) is 25.1 Å². The molecule has 1 aromatic carbocycles. The number of carbonyl (C=O) groups excluding carboxylic acids is 1. The van der Waals surface area contributed by atoms with E-state index < -0.39 is 10.0 Å². The average molecular weight is 330 g/mol. The van der Waals surface area contributed by atoms with Gasteiger partial charge >= 0.3 is 0 Å². The fraction of sp³-hybridized carbons (Fsp3) is 0.235. The lowest BCUT2D eigenvalue weighted by molar-refractivity contribution is -0.111. The SMILES string of the molecule is CC1=CC(=N/C(C)=N\S(=O)(=O)c2ccc(C)cc2)C(C)=CC1=O. The maximum Gasteiger partial charge on any atom is 0.283 e. The molecule has 1 aliphatic rings. The molecule has 0 heterocycles. The monoisotopic (exact) mass is 330 g/mol. The minimum atomic E-state index is -3.80. The molecule has 0 atom stereocenters.